The number of nitrogens with zero attached hydrogens (tertiary/aromatic N) is 4. The van der Waals surface area contributed by atoms with Crippen LogP contribution in [0.1, 0.15) is 25.1 Å². The van der Waals surface area contributed by atoms with Gasteiger partial charge in [0.15, 0.2) is 5.82 Å². The van der Waals surface area contributed by atoms with E-state index in [2.05, 4.69) is 39.3 Å². The average Bonchev–Trinajstić information content (AvgIpc) is 2.81. The zero-order chi connectivity index (χ0) is 23.3. The molecule has 4 rings (SSSR count). The van der Waals surface area contributed by atoms with E-state index in [1.165, 1.54) is 5.56 Å². The summed E-state index contributed by atoms with van der Waals surface area (Å²) in [6.07, 6.45) is 5.81. The SMILES string of the molecule is CC(C)(O)C#Cc1nccc2c(NC[C@H](N)Cc3ccccc3)nc(-c3ccncc3)nc12. The lowest BCUT2D eigenvalue weighted by Crippen LogP contribution is -2.31. The topological polar surface area (TPSA) is 110 Å². The molecule has 166 valence electrons. The van der Waals surface area contributed by atoms with Crippen LogP contribution in [0.15, 0.2) is 67.1 Å². The van der Waals surface area contributed by atoms with E-state index in [1.807, 2.05) is 36.4 Å². The number of nitrogens with one attached hydrogen (secondary N) is 1. The van der Waals surface area contributed by atoms with Gasteiger partial charge in [-0.3, -0.25) is 4.98 Å². The van der Waals surface area contributed by atoms with Crippen molar-refractivity contribution in [3.05, 3.63) is 78.4 Å². The number of hydrogen-bond acceptors (Lipinski definition) is 7. The van der Waals surface area contributed by atoms with Gasteiger partial charge < -0.3 is 16.2 Å². The second kappa shape index (κ2) is 9.74. The Kier molecular flexibility index (Phi) is 6.59. The summed E-state index contributed by atoms with van der Waals surface area (Å²) in [6, 6.07) is 15.6. The molecule has 0 amide bonds. The van der Waals surface area contributed by atoms with E-state index < -0.39 is 5.60 Å². The Balaban J connectivity index is 1.71. The van der Waals surface area contributed by atoms with Crippen molar-refractivity contribution in [3.63, 3.8) is 0 Å². The number of rotatable bonds is 6. The van der Waals surface area contributed by atoms with Crippen LogP contribution in [0.2, 0.25) is 0 Å². The molecule has 33 heavy (non-hydrogen) atoms. The molecule has 0 fully saturated rings. The molecule has 7 nitrogen and oxygen atoms in total. The molecule has 0 bridgehead atoms. The van der Waals surface area contributed by atoms with Crippen molar-refractivity contribution in [2.24, 2.45) is 5.73 Å². The van der Waals surface area contributed by atoms with Crippen LogP contribution >= 0.6 is 0 Å². The molecule has 1 atom stereocenters. The highest BCUT2D eigenvalue weighted by atomic mass is 16.3. The second-order valence-corrected chi connectivity index (χ2v) is 8.33. The number of pyridine rings is 2. The molecule has 1 aromatic carbocycles. The number of aliphatic hydroxyl groups is 1. The van der Waals surface area contributed by atoms with Gasteiger partial charge in [-0.2, -0.15) is 0 Å². The Morgan fingerprint density at radius 2 is 1.79 bits per heavy atom. The van der Waals surface area contributed by atoms with Crippen LogP contribution in [-0.2, 0) is 6.42 Å². The van der Waals surface area contributed by atoms with Crippen molar-refractivity contribution in [2.75, 3.05) is 11.9 Å². The molecule has 0 saturated carbocycles. The molecule has 3 heterocycles. The van der Waals surface area contributed by atoms with Gasteiger partial charge in [-0.05, 0) is 50.0 Å². The largest absolute Gasteiger partial charge is 0.378 e. The number of benzene rings is 1. The molecule has 0 aliphatic carbocycles. The smallest absolute Gasteiger partial charge is 0.162 e. The molecule has 4 N–H and O–H groups in total. The molecular weight excluding hydrogens is 412 g/mol. The maximum atomic E-state index is 10.0. The van der Waals surface area contributed by atoms with Gasteiger partial charge in [-0.15, -0.1) is 0 Å². The maximum Gasteiger partial charge on any atom is 0.162 e. The van der Waals surface area contributed by atoms with Crippen molar-refractivity contribution >= 4 is 16.7 Å². The first kappa shape index (κ1) is 22.3. The first-order valence-corrected chi connectivity index (χ1v) is 10.7. The number of nitrogens with two attached hydrogens (primary N) is 1. The Labute approximate surface area is 193 Å². The monoisotopic (exact) mass is 438 g/mol. The van der Waals surface area contributed by atoms with Gasteiger partial charge in [0.2, 0.25) is 0 Å². The molecule has 0 saturated heterocycles. The summed E-state index contributed by atoms with van der Waals surface area (Å²) in [5.74, 6) is 6.97. The van der Waals surface area contributed by atoms with Gasteiger partial charge >= 0.3 is 0 Å². The summed E-state index contributed by atoms with van der Waals surface area (Å²) in [5, 5.41) is 14.2. The van der Waals surface area contributed by atoms with E-state index in [-0.39, 0.29) is 6.04 Å². The van der Waals surface area contributed by atoms with Crippen molar-refractivity contribution in [1.29, 1.82) is 0 Å². The second-order valence-electron chi connectivity index (χ2n) is 8.33. The number of hydrogen-bond donors (Lipinski definition) is 3. The Bertz CT molecular complexity index is 1290. The summed E-state index contributed by atoms with van der Waals surface area (Å²) in [5.41, 5.74) is 8.35. The summed E-state index contributed by atoms with van der Waals surface area (Å²) in [7, 11) is 0. The standard InChI is InChI=1S/C26H26N6O/c1-26(2,33)12-8-22-23-21(11-15-29-22)25(32-24(31-23)19-9-13-28-14-10-19)30-17-20(27)16-18-6-4-3-5-7-18/h3-7,9-11,13-15,20,33H,16-17,27H2,1-2H3,(H,30,31,32)/t20-/m1/s1. The quantitative estimate of drug-likeness (QED) is 0.397. The van der Waals surface area contributed by atoms with Crippen molar-refractivity contribution < 1.29 is 5.11 Å². The fourth-order valence-electron chi connectivity index (χ4n) is 3.34. The van der Waals surface area contributed by atoms with Gasteiger partial charge in [0.05, 0.1) is 0 Å². The molecule has 0 radical (unpaired) electrons. The predicted molar refractivity (Wildman–Crippen MR) is 130 cm³/mol. The fraction of sp³-hybridized carbons (Fsp3) is 0.231. The average molecular weight is 439 g/mol. The number of aromatic nitrogens is 4. The number of fused-ring (bicyclic) bond motifs is 1. The van der Waals surface area contributed by atoms with E-state index in [0.717, 1.165) is 17.4 Å². The van der Waals surface area contributed by atoms with Crippen LogP contribution in [0.5, 0.6) is 0 Å². The minimum absolute atomic E-state index is 0.0990. The van der Waals surface area contributed by atoms with Crippen molar-refractivity contribution in [2.45, 2.75) is 31.9 Å². The van der Waals surface area contributed by atoms with Crippen LogP contribution in [0.3, 0.4) is 0 Å². The van der Waals surface area contributed by atoms with Crippen LogP contribution in [0, 0.1) is 11.8 Å². The summed E-state index contributed by atoms with van der Waals surface area (Å²) >= 11 is 0. The Hall–Kier alpha value is -3.86. The zero-order valence-corrected chi connectivity index (χ0v) is 18.7. The summed E-state index contributed by atoms with van der Waals surface area (Å²) < 4.78 is 0. The lowest BCUT2D eigenvalue weighted by molar-refractivity contribution is 0.143. The van der Waals surface area contributed by atoms with E-state index >= 15 is 0 Å². The molecule has 0 spiro atoms. The van der Waals surface area contributed by atoms with Crippen molar-refractivity contribution in [1.82, 2.24) is 19.9 Å². The minimum Gasteiger partial charge on any atom is -0.378 e. The normalized spacial score (nSPS) is 12.1. The van der Waals surface area contributed by atoms with Crippen LogP contribution in [-0.4, -0.2) is 43.2 Å². The minimum atomic E-state index is -1.14. The third-order valence-electron chi connectivity index (χ3n) is 4.91. The van der Waals surface area contributed by atoms with Crippen LogP contribution < -0.4 is 11.1 Å². The Morgan fingerprint density at radius 3 is 2.52 bits per heavy atom. The lowest BCUT2D eigenvalue weighted by atomic mass is 10.1. The molecule has 0 aliphatic rings. The molecule has 0 unspecified atom stereocenters. The predicted octanol–water partition coefficient (Wildman–Crippen LogP) is 3.19. The van der Waals surface area contributed by atoms with Gasteiger partial charge in [-0.1, -0.05) is 36.3 Å². The summed E-state index contributed by atoms with van der Waals surface area (Å²) in [4.78, 5) is 18.0. The first-order valence-electron chi connectivity index (χ1n) is 10.7. The Morgan fingerprint density at radius 1 is 1.03 bits per heavy atom. The fourth-order valence-corrected chi connectivity index (χ4v) is 3.34. The van der Waals surface area contributed by atoms with E-state index in [4.69, 9.17) is 15.7 Å². The van der Waals surface area contributed by atoms with E-state index in [0.29, 0.717) is 29.4 Å². The highest BCUT2D eigenvalue weighted by molar-refractivity contribution is 5.93. The first-order chi connectivity index (χ1) is 15.9. The lowest BCUT2D eigenvalue weighted by Gasteiger charge is -2.16. The van der Waals surface area contributed by atoms with Crippen LogP contribution in [0.4, 0.5) is 5.82 Å². The molecule has 0 aliphatic heterocycles. The van der Waals surface area contributed by atoms with Gasteiger partial charge in [-0.25, -0.2) is 15.0 Å². The molecular formula is C26H26N6O. The zero-order valence-electron chi connectivity index (χ0n) is 18.7. The highest BCUT2D eigenvalue weighted by Crippen LogP contribution is 2.26. The molecule has 4 aromatic rings. The van der Waals surface area contributed by atoms with E-state index in [9.17, 15) is 5.11 Å². The molecule has 3 aromatic heterocycles. The van der Waals surface area contributed by atoms with Crippen LogP contribution in [0.25, 0.3) is 22.3 Å². The third-order valence-corrected chi connectivity index (χ3v) is 4.91. The summed E-state index contributed by atoms with van der Waals surface area (Å²) in [6.45, 7) is 3.79. The van der Waals surface area contributed by atoms with Crippen molar-refractivity contribution in [3.8, 4) is 23.2 Å². The van der Waals surface area contributed by atoms with Gasteiger partial charge in [0.1, 0.15) is 22.6 Å². The highest BCUT2D eigenvalue weighted by Gasteiger charge is 2.14. The van der Waals surface area contributed by atoms with Gasteiger partial charge in [0, 0.05) is 42.1 Å². The third kappa shape index (κ3) is 5.89. The number of anilines is 1. The maximum absolute atomic E-state index is 10.0. The van der Waals surface area contributed by atoms with E-state index in [1.54, 1.807) is 32.4 Å². The van der Waals surface area contributed by atoms with Gasteiger partial charge in [0.25, 0.3) is 0 Å². The molecule has 7 heteroatoms.